The fourth-order valence-corrected chi connectivity index (χ4v) is 2.86. The standard InChI is InChI=1S/C16H16F3N3O3.ClH/c17-16(18,19)12-5-1-3-10(7-12)14-20-13(25-21-14)9-22-6-2-4-11(8-22)15(23)24;/h1,3,5,7,11H,2,4,6,8-9H2,(H,23,24);1H. The fourth-order valence-electron chi connectivity index (χ4n) is 2.86. The van der Waals surface area contributed by atoms with Crippen molar-refractivity contribution in [2.45, 2.75) is 25.6 Å². The van der Waals surface area contributed by atoms with Crippen LogP contribution in [0.2, 0.25) is 0 Å². The largest absolute Gasteiger partial charge is 0.481 e. The summed E-state index contributed by atoms with van der Waals surface area (Å²) in [7, 11) is 0. The molecule has 142 valence electrons. The van der Waals surface area contributed by atoms with E-state index in [2.05, 4.69) is 10.1 Å². The Labute approximate surface area is 153 Å². The number of alkyl halides is 3. The summed E-state index contributed by atoms with van der Waals surface area (Å²) in [4.78, 5) is 17.1. The van der Waals surface area contributed by atoms with Crippen molar-refractivity contribution in [3.05, 3.63) is 35.7 Å². The lowest BCUT2D eigenvalue weighted by atomic mass is 9.98. The minimum atomic E-state index is -4.44. The first kappa shape index (κ1) is 20.2. The van der Waals surface area contributed by atoms with Crippen LogP contribution in [-0.4, -0.2) is 39.2 Å². The van der Waals surface area contributed by atoms with Crippen LogP contribution in [0, 0.1) is 5.92 Å². The first-order chi connectivity index (χ1) is 11.8. The zero-order chi connectivity index (χ0) is 18.0. The highest BCUT2D eigenvalue weighted by molar-refractivity contribution is 5.85. The second-order valence-corrected chi connectivity index (χ2v) is 6.00. The molecule has 1 atom stereocenters. The molecule has 2 aromatic rings. The second-order valence-electron chi connectivity index (χ2n) is 6.00. The third kappa shape index (κ3) is 4.73. The molecule has 0 bridgehead atoms. The van der Waals surface area contributed by atoms with Gasteiger partial charge in [0.2, 0.25) is 11.7 Å². The first-order valence-electron chi connectivity index (χ1n) is 7.78. The van der Waals surface area contributed by atoms with Crippen LogP contribution < -0.4 is 0 Å². The molecule has 2 heterocycles. The molecule has 0 radical (unpaired) electrons. The number of carboxylic acids is 1. The van der Waals surface area contributed by atoms with Gasteiger partial charge in [0.25, 0.3) is 0 Å². The molecule has 0 amide bonds. The van der Waals surface area contributed by atoms with E-state index in [0.29, 0.717) is 19.5 Å². The van der Waals surface area contributed by atoms with Gasteiger partial charge in [0.1, 0.15) is 0 Å². The summed E-state index contributed by atoms with van der Waals surface area (Å²) < 4.78 is 43.5. The van der Waals surface area contributed by atoms with Crippen LogP contribution in [0.3, 0.4) is 0 Å². The van der Waals surface area contributed by atoms with Gasteiger partial charge >= 0.3 is 12.1 Å². The number of likely N-dealkylation sites (tertiary alicyclic amines) is 1. The van der Waals surface area contributed by atoms with Crippen molar-refractivity contribution >= 4 is 18.4 Å². The number of nitrogens with zero attached hydrogens (tertiary/aromatic N) is 3. The van der Waals surface area contributed by atoms with Gasteiger partial charge in [0.05, 0.1) is 18.0 Å². The van der Waals surface area contributed by atoms with Crippen LogP contribution in [-0.2, 0) is 17.5 Å². The molecule has 3 rings (SSSR count). The topological polar surface area (TPSA) is 79.5 Å². The molecule has 0 spiro atoms. The molecule has 0 aliphatic carbocycles. The Morgan fingerprint density at radius 2 is 2.15 bits per heavy atom. The van der Waals surface area contributed by atoms with E-state index in [-0.39, 0.29) is 36.2 Å². The van der Waals surface area contributed by atoms with E-state index in [1.807, 2.05) is 4.90 Å². The number of carbonyl (C=O) groups is 1. The monoisotopic (exact) mass is 391 g/mol. The number of piperidine rings is 1. The van der Waals surface area contributed by atoms with Gasteiger partial charge in [-0.1, -0.05) is 17.3 Å². The van der Waals surface area contributed by atoms with Crippen molar-refractivity contribution < 1.29 is 27.6 Å². The van der Waals surface area contributed by atoms with E-state index in [1.165, 1.54) is 12.1 Å². The molecule has 1 aromatic carbocycles. The van der Waals surface area contributed by atoms with Crippen molar-refractivity contribution in [2.24, 2.45) is 5.92 Å². The Balaban J connectivity index is 0.00000243. The molecule has 26 heavy (non-hydrogen) atoms. The molecule has 0 saturated carbocycles. The number of hydrogen-bond donors (Lipinski definition) is 1. The van der Waals surface area contributed by atoms with Gasteiger partial charge in [0, 0.05) is 12.1 Å². The Morgan fingerprint density at radius 3 is 2.85 bits per heavy atom. The number of benzene rings is 1. The zero-order valence-electron chi connectivity index (χ0n) is 13.6. The summed E-state index contributed by atoms with van der Waals surface area (Å²) in [6.45, 7) is 1.37. The minimum absolute atomic E-state index is 0. The lowest BCUT2D eigenvalue weighted by Gasteiger charge is -2.29. The average Bonchev–Trinajstić information content (AvgIpc) is 3.03. The third-order valence-electron chi connectivity index (χ3n) is 4.13. The SMILES string of the molecule is Cl.O=C(O)C1CCCN(Cc2nc(-c3cccc(C(F)(F)F)c3)no2)C1. The Morgan fingerprint density at radius 1 is 1.38 bits per heavy atom. The minimum Gasteiger partial charge on any atom is -0.481 e. The first-order valence-corrected chi connectivity index (χ1v) is 7.78. The van der Waals surface area contributed by atoms with Crippen molar-refractivity contribution in [1.82, 2.24) is 15.0 Å². The van der Waals surface area contributed by atoms with E-state index < -0.39 is 23.6 Å². The fraction of sp³-hybridized carbons (Fsp3) is 0.438. The lowest BCUT2D eigenvalue weighted by Crippen LogP contribution is -2.38. The molecule has 1 aliphatic heterocycles. The number of aromatic nitrogens is 2. The molecule has 1 aromatic heterocycles. The molecule has 6 nitrogen and oxygen atoms in total. The van der Waals surface area contributed by atoms with Gasteiger partial charge in [-0.3, -0.25) is 9.69 Å². The summed E-state index contributed by atoms with van der Waals surface area (Å²) in [5, 5.41) is 12.8. The smallest absolute Gasteiger partial charge is 0.416 e. The molecule has 1 saturated heterocycles. The zero-order valence-corrected chi connectivity index (χ0v) is 14.4. The van der Waals surface area contributed by atoms with E-state index in [4.69, 9.17) is 9.63 Å². The van der Waals surface area contributed by atoms with Gasteiger partial charge in [0.15, 0.2) is 0 Å². The molecular weight excluding hydrogens is 375 g/mol. The number of aliphatic carboxylic acids is 1. The Kier molecular flexibility index (Phi) is 6.25. The quantitative estimate of drug-likeness (QED) is 0.859. The number of halogens is 4. The summed E-state index contributed by atoms with van der Waals surface area (Å²) in [6, 6.07) is 4.71. The summed E-state index contributed by atoms with van der Waals surface area (Å²) >= 11 is 0. The van der Waals surface area contributed by atoms with Gasteiger partial charge in [-0.25, -0.2) is 0 Å². The van der Waals surface area contributed by atoms with Crippen molar-refractivity contribution in [1.29, 1.82) is 0 Å². The molecule has 1 unspecified atom stereocenters. The van der Waals surface area contributed by atoms with Crippen LogP contribution in [0.1, 0.15) is 24.3 Å². The maximum atomic E-state index is 12.8. The van der Waals surface area contributed by atoms with Crippen LogP contribution in [0.4, 0.5) is 13.2 Å². The van der Waals surface area contributed by atoms with Gasteiger partial charge in [-0.15, -0.1) is 12.4 Å². The second kappa shape index (κ2) is 8.05. The average molecular weight is 392 g/mol. The van der Waals surface area contributed by atoms with Crippen molar-refractivity contribution in [3.63, 3.8) is 0 Å². The van der Waals surface area contributed by atoms with Crippen LogP contribution in [0.5, 0.6) is 0 Å². The maximum absolute atomic E-state index is 12.8. The number of rotatable bonds is 4. The number of carboxylic acid groups (broad SMARTS) is 1. The van der Waals surface area contributed by atoms with Crippen molar-refractivity contribution in [3.8, 4) is 11.4 Å². The number of hydrogen-bond acceptors (Lipinski definition) is 5. The maximum Gasteiger partial charge on any atom is 0.416 e. The lowest BCUT2D eigenvalue weighted by molar-refractivity contribution is -0.143. The third-order valence-corrected chi connectivity index (χ3v) is 4.13. The molecule has 1 fully saturated rings. The van der Waals surface area contributed by atoms with Crippen LogP contribution >= 0.6 is 12.4 Å². The molecule has 1 aliphatic rings. The van der Waals surface area contributed by atoms with E-state index in [0.717, 1.165) is 18.6 Å². The van der Waals surface area contributed by atoms with E-state index >= 15 is 0 Å². The van der Waals surface area contributed by atoms with E-state index in [9.17, 15) is 18.0 Å². The summed E-state index contributed by atoms with van der Waals surface area (Å²) in [5.41, 5.74) is -0.566. The molecule has 1 N–H and O–H groups in total. The normalized spacial score (nSPS) is 18.3. The summed E-state index contributed by atoms with van der Waals surface area (Å²) in [6.07, 6.45) is -3.06. The van der Waals surface area contributed by atoms with Gasteiger partial charge < -0.3 is 9.63 Å². The summed E-state index contributed by atoms with van der Waals surface area (Å²) in [5.74, 6) is -0.939. The highest BCUT2D eigenvalue weighted by atomic mass is 35.5. The van der Waals surface area contributed by atoms with Gasteiger partial charge in [-0.2, -0.15) is 18.2 Å². The van der Waals surface area contributed by atoms with Crippen LogP contribution in [0.15, 0.2) is 28.8 Å². The Bertz CT molecular complexity index is 766. The predicted molar refractivity (Wildman–Crippen MR) is 87.6 cm³/mol. The highest BCUT2D eigenvalue weighted by Gasteiger charge is 2.31. The van der Waals surface area contributed by atoms with Crippen LogP contribution in [0.25, 0.3) is 11.4 Å². The van der Waals surface area contributed by atoms with Gasteiger partial charge in [-0.05, 0) is 31.5 Å². The van der Waals surface area contributed by atoms with Crippen molar-refractivity contribution in [2.75, 3.05) is 13.1 Å². The van der Waals surface area contributed by atoms with E-state index in [1.54, 1.807) is 0 Å². The predicted octanol–water partition coefficient (Wildman–Crippen LogP) is 3.47. The Hall–Kier alpha value is -2.13. The highest BCUT2D eigenvalue weighted by Crippen LogP contribution is 2.31. The molecular formula is C16H17ClF3N3O3. The molecule has 10 heteroatoms.